The lowest BCUT2D eigenvalue weighted by Crippen LogP contribution is -2.41. The standard InChI is InChI=1S/C12H16ClFN2O3/c1-12(18,3-4-19-2)7-16-11(17)9-5-8(14)6-15-10(9)13/h5-6,18H,3-4,7H2,1-2H3,(H,16,17). The summed E-state index contributed by atoms with van der Waals surface area (Å²) in [6, 6.07) is 0.995. The summed E-state index contributed by atoms with van der Waals surface area (Å²) in [6.07, 6.45) is 1.28. The van der Waals surface area contributed by atoms with Crippen LogP contribution < -0.4 is 5.32 Å². The molecule has 1 amide bonds. The molecule has 5 nitrogen and oxygen atoms in total. The maximum absolute atomic E-state index is 13.0. The average molecular weight is 291 g/mol. The zero-order chi connectivity index (χ0) is 14.5. The fourth-order valence-electron chi connectivity index (χ4n) is 1.36. The minimum absolute atomic E-state index is 0.00202. The number of pyridine rings is 1. The third kappa shape index (κ3) is 5.10. The first-order valence-electron chi connectivity index (χ1n) is 5.66. The van der Waals surface area contributed by atoms with Gasteiger partial charge >= 0.3 is 0 Å². The van der Waals surface area contributed by atoms with E-state index in [1.54, 1.807) is 6.92 Å². The van der Waals surface area contributed by atoms with Gasteiger partial charge in [-0.1, -0.05) is 11.6 Å². The Labute approximate surface area is 115 Å². The van der Waals surface area contributed by atoms with Gasteiger partial charge in [-0.2, -0.15) is 0 Å². The summed E-state index contributed by atoms with van der Waals surface area (Å²) in [4.78, 5) is 15.3. The van der Waals surface area contributed by atoms with Crippen LogP contribution in [0.4, 0.5) is 4.39 Å². The lowest BCUT2D eigenvalue weighted by molar-refractivity contribution is 0.0243. The highest BCUT2D eigenvalue weighted by molar-refractivity contribution is 6.32. The van der Waals surface area contributed by atoms with Gasteiger partial charge < -0.3 is 15.2 Å². The number of halogens is 2. The molecule has 106 valence electrons. The van der Waals surface area contributed by atoms with E-state index in [0.29, 0.717) is 13.0 Å². The van der Waals surface area contributed by atoms with Gasteiger partial charge in [-0.05, 0) is 13.0 Å². The molecule has 0 saturated carbocycles. The lowest BCUT2D eigenvalue weighted by Gasteiger charge is -2.23. The fraction of sp³-hybridized carbons (Fsp3) is 0.500. The average Bonchev–Trinajstić information content (AvgIpc) is 2.36. The minimum atomic E-state index is -1.11. The SMILES string of the molecule is COCCC(C)(O)CNC(=O)c1cc(F)cnc1Cl. The molecule has 0 radical (unpaired) electrons. The highest BCUT2D eigenvalue weighted by atomic mass is 35.5. The Morgan fingerprint density at radius 3 is 3.00 bits per heavy atom. The van der Waals surface area contributed by atoms with Crippen LogP contribution in [-0.4, -0.2) is 41.9 Å². The van der Waals surface area contributed by atoms with Crippen LogP contribution in [-0.2, 0) is 4.74 Å². The molecule has 0 fully saturated rings. The summed E-state index contributed by atoms with van der Waals surface area (Å²) < 4.78 is 17.8. The molecule has 0 bridgehead atoms. The summed E-state index contributed by atoms with van der Waals surface area (Å²) >= 11 is 5.70. The molecule has 0 aliphatic heterocycles. The number of rotatable bonds is 6. The maximum atomic E-state index is 13.0. The van der Waals surface area contributed by atoms with Gasteiger partial charge in [0.2, 0.25) is 0 Å². The normalized spacial score (nSPS) is 13.9. The monoisotopic (exact) mass is 290 g/mol. The van der Waals surface area contributed by atoms with E-state index < -0.39 is 17.3 Å². The molecule has 0 aliphatic rings. The number of hydrogen-bond acceptors (Lipinski definition) is 4. The van der Waals surface area contributed by atoms with Crippen molar-refractivity contribution in [3.05, 3.63) is 28.8 Å². The molecule has 0 saturated heterocycles. The molecule has 7 heteroatoms. The van der Waals surface area contributed by atoms with Crippen LogP contribution in [0.15, 0.2) is 12.3 Å². The zero-order valence-corrected chi connectivity index (χ0v) is 11.5. The van der Waals surface area contributed by atoms with E-state index in [1.165, 1.54) is 7.11 Å². The molecule has 0 aromatic carbocycles. The largest absolute Gasteiger partial charge is 0.388 e. The first-order valence-corrected chi connectivity index (χ1v) is 6.04. The van der Waals surface area contributed by atoms with Crippen molar-refractivity contribution in [2.45, 2.75) is 18.9 Å². The molecule has 1 rings (SSSR count). The number of aromatic nitrogens is 1. The molecule has 1 aromatic rings. The van der Waals surface area contributed by atoms with Crippen molar-refractivity contribution in [3.8, 4) is 0 Å². The molecule has 0 aliphatic carbocycles. The summed E-state index contributed by atoms with van der Waals surface area (Å²) in [5.41, 5.74) is -1.18. The van der Waals surface area contributed by atoms with Crippen molar-refractivity contribution < 1.29 is 19.0 Å². The summed E-state index contributed by atoms with van der Waals surface area (Å²) in [7, 11) is 1.52. The van der Waals surface area contributed by atoms with Gasteiger partial charge in [-0.25, -0.2) is 9.37 Å². The van der Waals surface area contributed by atoms with E-state index >= 15 is 0 Å². The topological polar surface area (TPSA) is 71.5 Å². The van der Waals surface area contributed by atoms with Gasteiger partial charge in [0, 0.05) is 26.7 Å². The predicted octanol–water partition coefficient (Wildman–Crippen LogP) is 1.39. The molecule has 2 N–H and O–H groups in total. The second kappa shape index (κ2) is 6.79. The van der Waals surface area contributed by atoms with Crippen LogP contribution in [0.2, 0.25) is 5.15 Å². The predicted molar refractivity (Wildman–Crippen MR) is 68.7 cm³/mol. The third-order valence-electron chi connectivity index (χ3n) is 2.52. The Hall–Kier alpha value is -1.24. The molecule has 1 heterocycles. The van der Waals surface area contributed by atoms with Crippen LogP contribution in [0.1, 0.15) is 23.7 Å². The highest BCUT2D eigenvalue weighted by Gasteiger charge is 2.22. The third-order valence-corrected chi connectivity index (χ3v) is 2.83. The smallest absolute Gasteiger partial charge is 0.254 e. The quantitative estimate of drug-likeness (QED) is 0.777. The molecule has 1 atom stereocenters. The van der Waals surface area contributed by atoms with Crippen molar-refractivity contribution >= 4 is 17.5 Å². The van der Waals surface area contributed by atoms with Gasteiger partial charge in [0.25, 0.3) is 5.91 Å². The molecule has 1 aromatic heterocycles. The maximum Gasteiger partial charge on any atom is 0.254 e. The molecule has 19 heavy (non-hydrogen) atoms. The van der Waals surface area contributed by atoms with Crippen LogP contribution >= 0.6 is 11.6 Å². The van der Waals surface area contributed by atoms with Crippen molar-refractivity contribution in [2.24, 2.45) is 0 Å². The van der Waals surface area contributed by atoms with Crippen LogP contribution in [0.5, 0.6) is 0 Å². The highest BCUT2D eigenvalue weighted by Crippen LogP contribution is 2.14. The summed E-state index contributed by atoms with van der Waals surface area (Å²) in [5.74, 6) is -1.24. The number of nitrogens with one attached hydrogen (secondary N) is 1. The summed E-state index contributed by atoms with van der Waals surface area (Å²) in [5, 5.41) is 12.3. The molecular formula is C12H16ClFN2O3. The Morgan fingerprint density at radius 2 is 2.37 bits per heavy atom. The van der Waals surface area contributed by atoms with Crippen LogP contribution in [0.25, 0.3) is 0 Å². The van der Waals surface area contributed by atoms with Crippen LogP contribution in [0.3, 0.4) is 0 Å². The van der Waals surface area contributed by atoms with Gasteiger partial charge in [-0.15, -0.1) is 0 Å². The molecular weight excluding hydrogens is 275 g/mol. The van der Waals surface area contributed by atoms with Crippen molar-refractivity contribution in [1.29, 1.82) is 0 Å². The van der Waals surface area contributed by atoms with Crippen molar-refractivity contribution in [1.82, 2.24) is 10.3 Å². The first kappa shape index (κ1) is 15.8. The van der Waals surface area contributed by atoms with E-state index in [1.807, 2.05) is 0 Å². The minimum Gasteiger partial charge on any atom is -0.388 e. The van der Waals surface area contributed by atoms with Gasteiger partial charge in [0.15, 0.2) is 0 Å². The first-order chi connectivity index (χ1) is 8.85. The number of aliphatic hydroxyl groups is 1. The van der Waals surface area contributed by atoms with Gasteiger partial charge in [0.05, 0.1) is 17.4 Å². The fourth-order valence-corrected chi connectivity index (χ4v) is 1.55. The second-order valence-corrected chi connectivity index (χ2v) is 4.77. The van der Waals surface area contributed by atoms with E-state index in [0.717, 1.165) is 12.3 Å². The summed E-state index contributed by atoms with van der Waals surface area (Å²) in [6.45, 7) is 1.94. The Bertz CT molecular complexity index is 455. The Kier molecular flexibility index (Phi) is 5.65. The second-order valence-electron chi connectivity index (χ2n) is 4.41. The number of amides is 1. The number of nitrogens with zero attached hydrogens (tertiary/aromatic N) is 1. The Balaban J connectivity index is 2.62. The van der Waals surface area contributed by atoms with Crippen molar-refractivity contribution in [3.63, 3.8) is 0 Å². The molecule has 0 spiro atoms. The van der Waals surface area contributed by atoms with E-state index in [9.17, 15) is 14.3 Å². The van der Waals surface area contributed by atoms with Gasteiger partial charge in [-0.3, -0.25) is 4.79 Å². The Morgan fingerprint density at radius 1 is 1.68 bits per heavy atom. The van der Waals surface area contributed by atoms with Crippen LogP contribution in [0, 0.1) is 5.82 Å². The zero-order valence-electron chi connectivity index (χ0n) is 10.7. The van der Waals surface area contributed by atoms with E-state index in [2.05, 4.69) is 10.3 Å². The number of methoxy groups -OCH3 is 1. The lowest BCUT2D eigenvalue weighted by atomic mass is 10.0. The van der Waals surface area contributed by atoms with Gasteiger partial charge in [0.1, 0.15) is 11.0 Å². The van der Waals surface area contributed by atoms with Crippen molar-refractivity contribution in [2.75, 3.05) is 20.3 Å². The van der Waals surface area contributed by atoms with E-state index in [-0.39, 0.29) is 17.3 Å². The van der Waals surface area contributed by atoms with E-state index in [4.69, 9.17) is 16.3 Å². The number of carbonyl (C=O) groups is 1. The number of ether oxygens (including phenoxy) is 1. The number of carbonyl (C=O) groups excluding carboxylic acids is 1. The molecule has 1 unspecified atom stereocenters. The number of hydrogen-bond donors (Lipinski definition) is 2.